The highest BCUT2D eigenvalue weighted by Gasteiger charge is 2.15. The lowest BCUT2D eigenvalue weighted by Gasteiger charge is -2.09. The summed E-state index contributed by atoms with van der Waals surface area (Å²) in [5.74, 6) is 0.389. The first-order valence-corrected chi connectivity index (χ1v) is 6.57. The Bertz CT molecular complexity index is 764. The molecular weight excluding hydrogens is 255 g/mol. The first-order valence-electron chi connectivity index (χ1n) is 6.57. The fourth-order valence-corrected chi connectivity index (χ4v) is 2.34. The molecule has 2 N–H and O–H groups in total. The zero-order chi connectivity index (χ0) is 14.1. The fraction of sp³-hybridized carbons (Fsp3) is 0.200. The Morgan fingerprint density at radius 1 is 1.30 bits per heavy atom. The summed E-state index contributed by atoms with van der Waals surface area (Å²) in [6, 6.07) is 8.15. The maximum Gasteiger partial charge on any atom is 0.160 e. The number of hydrogen-bond donors (Lipinski definition) is 1. The van der Waals surface area contributed by atoms with Gasteiger partial charge in [-0.25, -0.2) is 14.4 Å². The number of rotatable bonds is 3. The Kier molecular flexibility index (Phi) is 3.10. The molecule has 5 heteroatoms. The second kappa shape index (κ2) is 4.92. The molecule has 2 aromatic heterocycles. The van der Waals surface area contributed by atoms with E-state index in [-0.39, 0.29) is 5.82 Å². The Morgan fingerprint density at radius 3 is 2.90 bits per heavy atom. The van der Waals surface area contributed by atoms with Crippen LogP contribution in [0.2, 0.25) is 0 Å². The molecule has 20 heavy (non-hydrogen) atoms. The van der Waals surface area contributed by atoms with Crippen molar-refractivity contribution in [3.63, 3.8) is 0 Å². The van der Waals surface area contributed by atoms with E-state index in [0.29, 0.717) is 5.69 Å². The summed E-state index contributed by atoms with van der Waals surface area (Å²) in [7, 11) is 0. The summed E-state index contributed by atoms with van der Waals surface area (Å²) < 4.78 is 15.2. The summed E-state index contributed by atoms with van der Waals surface area (Å²) in [5, 5.41) is 0. The average Bonchev–Trinajstić information content (AvgIpc) is 2.78. The largest absolute Gasteiger partial charge is 0.398 e. The third-order valence-electron chi connectivity index (χ3n) is 3.21. The molecule has 3 rings (SSSR count). The van der Waals surface area contributed by atoms with Gasteiger partial charge in [-0.05, 0) is 36.8 Å². The Labute approximate surface area is 116 Å². The smallest absolute Gasteiger partial charge is 0.160 e. The van der Waals surface area contributed by atoms with Crippen molar-refractivity contribution in [1.82, 2.24) is 14.5 Å². The topological polar surface area (TPSA) is 56.7 Å². The van der Waals surface area contributed by atoms with E-state index in [0.717, 1.165) is 35.5 Å². The van der Waals surface area contributed by atoms with Gasteiger partial charge in [0.05, 0.1) is 0 Å². The SMILES string of the molecule is CCCn1c(-c2ccc(F)cc2N)nc2cccnc21. The van der Waals surface area contributed by atoms with Crippen molar-refractivity contribution in [3.8, 4) is 11.4 Å². The van der Waals surface area contributed by atoms with Crippen LogP contribution in [0.5, 0.6) is 0 Å². The van der Waals surface area contributed by atoms with Crippen molar-refractivity contribution in [2.75, 3.05) is 5.73 Å². The zero-order valence-electron chi connectivity index (χ0n) is 11.2. The lowest BCUT2D eigenvalue weighted by atomic mass is 10.1. The second-order valence-electron chi connectivity index (χ2n) is 4.66. The van der Waals surface area contributed by atoms with Crippen LogP contribution >= 0.6 is 0 Å². The van der Waals surface area contributed by atoms with Crippen molar-refractivity contribution >= 4 is 16.9 Å². The third-order valence-corrected chi connectivity index (χ3v) is 3.21. The number of pyridine rings is 1. The molecule has 0 spiro atoms. The lowest BCUT2D eigenvalue weighted by molar-refractivity contribution is 0.628. The number of benzene rings is 1. The Morgan fingerprint density at radius 2 is 2.15 bits per heavy atom. The summed E-state index contributed by atoms with van der Waals surface area (Å²) >= 11 is 0. The summed E-state index contributed by atoms with van der Waals surface area (Å²) in [6.45, 7) is 2.88. The lowest BCUT2D eigenvalue weighted by Crippen LogP contribution is -2.02. The van der Waals surface area contributed by atoms with Crippen molar-refractivity contribution in [2.24, 2.45) is 0 Å². The van der Waals surface area contributed by atoms with E-state index in [9.17, 15) is 4.39 Å². The number of anilines is 1. The molecule has 3 aromatic rings. The van der Waals surface area contributed by atoms with E-state index < -0.39 is 0 Å². The third kappa shape index (κ3) is 2.01. The van der Waals surface area contributed by atoms with Crippen LogP contribution in [-0.4, -0.2) is 14.5 Å². The fourth-order valence-electron chi connectivity index (χ4n) is 2.34. The molecule has 1 aromatic carbocycles. The van der Waals surface area contributed by atoms with Crippen molar-refractivity contribution in [3.05, 3.63) is 42.3 Å². The Balaban J connectivity index is 2.26. The maximum absolute atomic E-state index is 13.2. The number of nitrogens with zero attached hydrogens (tertiary/aromatic N) is 3. The number of hydrogen-bond acceptors (Lipinski definition) is 3. The van der Waals surface area contributed by atoms with Gasteiger partial charge >= 0.3 is 0 Å². The number of halogens is 1. The maximum atomic E-state index is 13.2. The quantitative estimate of drug-likeness (QED) is 0.743. The van der Waals surface area contributed by atoms with Gasteiger partial charge in [0.2, 0.25) is 0 Å². The van der Waals surface area contributed by atoms with E-state index in [1.807, 2.05) is 16.7 Å². The number of imidazole rings is 1. The number of aryl methyl sites for hydroxylation is 1. The second-order valence-corrected chi connectivity index (χ2v) is 4.66. The molecule has 2 heterocycles. The highest BCUT2D eigenvalue weighted by Crippen LogP contribution is 2.28. The average molecular weight is 270 g/mol. The minimum absolute atomic E-state index is 0.345. The molecule has 0 aliphatic carbocycles. The van der Waals surface area contributed by atoms with Gasteiger partial charge in [0.25, 0.3) is 0 Å². The molecule has 0 aliphatic heterocycles. The van der Waals surface area contributed by atoms with Crippen LogP contribution in [0.3, 0.4) is 0 Å². The van der Waals surface area contributed by atoms with Crippen LogP contribution in [0.15, 0.2) is 36.5 Å². The van der Waals surface area contributed by atoms with Gasteiger partial charge in [-0.1, -0.05) is 6.92 Å². The minimum Gasteiger partial charge on any atom is -0.398 e. The minimum atomic E-state index is -0.345. The predicted molar refractivity (Wildman–Crippen MR) is 77.6 cm³/mol. The van der Waals surface area contributed by atoms with Gasteiger partial charge in [0.1, 0.15) is 17.2 Å². The van der Waals surface area contributed by atoms with Crippen molar-refractivity contribution in [2.45, 2.75) is 19.9 Å². The molecule has 0 atom stereocenters. The van der Waals surface area contributed by atoms with Gasteiger partial charge in [0, 0.05) is 24.0 Å². The van der Waals surface area contributed by atoms with Gasteiger partial charge in [-0.15, -0.1) is 0 Å². The first kappa shape index (κ1) is 12.6. The van der Waals surface area contributed by atoms with Crippen LogP contribution in [0.25, 0.3) is 22.6 Å². The van der Waals surface area contributed by atoms with E-state index >= 15 is 0 Å². The molecule has 0 radical (unpaired) electrons. The molecule has 0 saturated heterocycles. The number of nitrogens with two attached hydrogens (primary N) is 1. The van der Waals surface area contributed by atoms with Gasteiger partial charge in [-0.3, -0.25) is 0 Å². The van der Waals surface area contributed by atoms with Crippen LogP contribution in [-0.2, 0) is 6.54 Å². The van der Waals surface area contributed by atoms with Crippen molar-refractivity contribution < 1.29 is 4.39 Å². The summed E-state index contributed by atoms with van der Waals surface area (Å²) in [5.41, 5.74) is 8.69. The van der Waals surface area contributed by atoms with Crippen LogP contribution in [0.1, 0.15) is 13.3 Å². The van der Waals surface area contributed by atoms with Crippen LogP contribution < -0.4 is 5.73 Å². The van der Waals surface area contributed by atoms with Crippen LogP contribution in [0, 0.1) is 5.82 Å². The van der Waals surface area contributed by atoms with E-state index in [2.05, 4.69) is 16.9 Å². The molecule has 0 fully saturated rings. The van der Waals surface area contributed by atoms with E-state index in [4.69, 9.17) is 5.73 Å². The molecule has 0 bridgehead atoms. The molecule has 0 saturated carbocycles. The normalized spacial score (nSPS) is 11.1. The van der Waals surface area contributed by atoms with Crippen molar-refractivity contribution in [1.29, 1.82) is 0 Å². The van der Waals surface area contributed by atoms with Crippen LogP contribution in [0.4, 0.5) is 10.1 Å². The predicted octanol–water partition coefficient (Wildman–Crippen LogP) is 3.23. The molecule has 102 valence electrons. The van der Waals surface area contributed by atoms with Gasteiger partial charge < -0.3 is 10.3 Å². The summed E-state index contributed by atoms with van der Waals surface area (Å²) in [4.78, 5) is 8.97. The highest BCUT2D eigenvalue weighted by molar-refractivity contribution is 5.81. The molecular formula is C15H15FN4. The standard InChI is InChI=1S/C15H15FN4/c1-2-8-20-14(11-6-5-10(16)9-12(11)17)19-13-4-3-7-18-15(13)20/h3-7,9H,2,8,17H2,1H3. The number of aromatic nitrogens is 3. The Hall–Kier alpha value is -2.43. The molecule has 0 amide bonds. The highest BCUT2D eigenvalue weighted by atomic mass is 19.1. The first-order chi connectivity index (χ1) is 9.70. The molecule has 0 unspecified atom stereocenters. The summed E-state index contributed by atoms with van der Waals surface area (Å²) in [6.07, 6.45) is 2.70. The van der Waals surface area contributed by atoms with E-state index in [1.54, 1.807) is 12.3 Å². The molecule has 0 aliphatic rings. The molecule has 4 nitrogen and oxygen atoms in total. The monoisotopic (exact) mass is 270 g/mol. The van der Waals surface area contributed by atoms with Gasteiger partial charge in [-0.2, -0.15) is 0 Å². The zero-order valence-corrected chi connectivity index (χ0v) is 11.2. The van der Waals surface area contributed by atoms with E-state index in [1.165, 1.54) is 12.1 Å². The van der Waals surface area contributed by atoms with Gasteiger partial charge in [0.15, 0.2) is 5.65 Å². The number of fused-ring (bicyclic) bond motifs is 1. The number of nitrogen functional groups attached to an aromatic ring is 1.